The van der Waals surface area contributed by atoms with E-state index in [4.69, 9.17) is 0 Å². The molecule has 0 saturated heterocycles. The topological polar surface area (TPSA) is 43.4 Å². The Labute approximate surface area is 127 Å². The molecule has 0 saturated carbocycles. The van der Waals surface area contributed by atoms with Gasteiger partial charge < -0.3 is 4.55 Å². The van der Waals surface area contributed by atoms with Crippen molar-refractivity contribution in [2.45, 2.75) is 12.6 Å². The minimum Gasteiger partial charge on any atom is -0.755 e. The smallest absolute Gasteiger partial charge is 0.390 e. The Morgan fingerprint density at radius 2 is 2.00 bits per heavy atom. The summed E-state index contributed by atoms with van der Waals surface area (Å²) in [7, 11) is 0. The number of thiophene rings is 1. The summed E-state index contributed by atoms with van der Waals surface area (Å²) in [5.74, 6) is 0. The summed E-state index contributed by atoms with van der Waals surface area (Å²) in [6.07, 6.45) is -5.59. The van der Waals surface area contributed by atoms with E-state index in [-0.39, 0.29) is 5.00 Å². The van der Waals surface area contributed by atoms with Gasteiger partial charge in [0.2, 0.25) is 0 Å². The van der Waals surface area contributed by atoms with Crippen LogP contribution in [0.15, 0.2) is 28.7 Å². The molecule has 9 heteroatoms. The zero-order chi connectivity index (χ0) is 14.9. The molecule has 20 heavy (non-hydrogen) atoms. The molecule has 0 aliphatic rings. The first kappa shape index (κ1) is 15.7. The van der Waals surface area contributed by atoms with Crippen LogP contribution in [0.4, 0.5) is 18.2 Å². The summed E-state index contributed by atoms with van der Waals surface area (Å²) in [6, 6.07) is 7.11. The average Bonchev–Trinajstić information content (AvgIpc) is 2.66. The van der Waals surface area contributed by atoms with Gasteiger partial charge in [0, 0.05) is 27.9 Å². The maximum absolute atomic E-state index is 12.3. The third-order valence-corrected chi connectivity index (χ3v) is 5.62. The predicted molar refractivity (Wildman–Crippen MR) is 76.5 cm³/mol. The first-order valence-electron chi connectivity index (χ1n) is 5.40. The second-order valence-corrected chi connectivity index (χ2v) is 6.60. The van der Waals surface area contributed by atoms with Gasteiger partial charge in [-0.2, -0.15) is 13.2 Å². The van der Waals surface area contributed by atoms with Crippen LogP contribution < -0.4 is 4.31 Å². The highest BCUT2D eigenvalue weighted by atomic mass is 79.9. The fraction of sp³-hybridized carbons (Fsp3) is 0.273. The Morgan fingerprint density at radius 3 is 2.55 bits per heavy atom. The van der Waals surface area contributed by atoms with Gasteiger partial charge in [-0.1, -0.05) is 18.2 Å². The Bertz CT molecular complexity index is 644. The summed E-state index contributed by atoms with van der Waals surface area (Å²) in [5.41, 5.74) is 0. The highest BCUT2D eigenvalue weighted by molar-refractivity contribution is 9.10. The summed E-state index contributed by atoms with van der Waals surface area (Å²) in [4.78, 5) is 0. The lowest BCUT2D eigenvalue weighted by Gasteiger charge is -2.25. The number of alkyl halides is 3. The molecule has 0 aliphatic heterocycles. The van der Waals surface area contributed by atoms with Crippen molar-refractivity contribution >= 4 is 53.6 Å². The molecule has 1 aromatic carbocycles. The third kappa shape index (κ3) is 3.51. The van der Waals surface area contributed by atoms with E-state index in [0.29, 0.717) is 4.47 Å². The van der Waals surface area contributed by atoms with Crippen molar-refractivity contribution in [1.82, 2.24) is 0 Å². The Morgan fingerprint density at radius 1 is 1.35 bits per heavy atom. The molecule has 3 nitrogen and oxygen atoms in total. The number of benzene rings is 1. The van der Waals surface area contributed by atoms with E-state index in [1.165, 1.54) is 0 Å². The largest absolute Gasteiger partial charge is 0.755 e. The van der Waals surface area contributed by atoms with Crippen molar-refractivity contribution in [3.8, 4) is 0 Å². The van der Waals surface area contributed by atoms with Gasteiger partial charge in [0.25, 0.3) is 0 Å². The van der Waals surface area contributed by atoms with Crippen molar-refractivity contribution in [1.29, 1.82) is 0 Å². The molecule has 1 atom stereocenters. The molecule has 0 radical (unpaired) electrons. The molecular weight excluding hydrogens is 379 g/mol. The van der Waals surface area contributed by atoms with Crippen LogP contribution in [-0.4, -0.2) is 21.5 Å². The van der Waals surface area contributed by atoms with Crippen LogP contribution in [0.5, 0.6) is 0 Å². The van der Waals surface area contributed by atoms with Crippen LogP contribution >= 0.6 is 27.3 Å². The van der Waals surface area contributed by atoms with Crippen molar-refractivity contribution in [3.63, 3.8) is 0 Å². The maximum Gasteiger partial charge on any atom is 0.390 e. The van der Waals surface area contributed by atoms with E-state index in [0.717, 1.165) is 25.7 Å². The van der Waals surface area contributed by atoms with E-state index in [2.05, 4.69) is 15.9 Å². The highest BCUT2D eigenvalue weighted by Crippen LogP contribution is 2.42. The lowest BCUT2D eigenvalue weighted by Crippen LogP contribution is -2.29. The number of hydrogen-bond donors (Lipinski definition) is 0. The van der Waals surface area contributed by atoms with Crippen LogP contribution in [0.1, 0.15) is 6.42 Å². The Balaban J connectivity index is 2.37. The van der Waals surface area contributed by atoms with Gasteiger partial charge in [-0.15, -0.1) is 11.3 Å². The van der Waals surface area contributed by atoms with Crippen molar-refractivity contribution < 1.29 is 21.9 Å². The van der Waals surface area contributed by atoms with E-state index < -0.39 is 30.4 Å². The molecule has 0 aliphatic carbocycles. The second-order valence-electron chi connectivity index (χ2n) is 3.90. The van der Waals surface area contributed by atoms with Gasteiger partial charge in [-0.05, 0) is 22.0 Å². The lowest BCUT2D eigenvalue weighted by atomic mass is 10.3. The Hall–Kier alpha value is -0.640. The highest BCUT2D eigenvalue weighted by Gasteiger charge is 2.29. The molecule has 2 aromatic rings. The first-order chi connectivity index (χ1) is 9.29. The quantitative estimate of drug-likeness (QED) is 0.738. The minimum absolute atomic E-state index is 0.254. The van der Waals surface area contributed by atoms with Crippen LogP contribution in [0, 0.1) is 0 Å². The molecule has 0 bridgehead atoms. The molecular formula is C11H8BrF3NO2S2-. The molecule has 1 heterocycles. The van der Waals surface area contributed by atoms with Gasteiger partial charge in [0.05, 0.1) is 10.9 Å². The van der Waals surface area contributed by atoms with Crippen LogP contribution in [0.25, 0.3) is 10.1 Å². The zero-order valence-corrected chi connectivity index (χ0v) is 13.0. The van der Waals surface area contributed by atoms with Gasteiger partial charge >= 0.3 is 6.18 Å². The number of nitrogens with zero attached hydrogens (tertiary/aromatic N) is 1. The normalized spacial score (nSPS) is 13.7. The summed E-state index contributed by atoms with van der Waals surface area (Å²) < 4.78 is 61.2. The number of hydrogen-bond acceptors (Lipinski definition) is 3. The van der Waals surface area contributed by atoms with E-state index in [1.807, 2.05) is 0 Å². The monoisotopic (exact) mass is 386 g/mol. The maximum atomic E-state index is 12.3. The van der Waals surface area contributed by atoms with Gasteiger partial charge in [0.15, 0.2) is 0 Å². The van der Waals surface area contributed by atoms with Crippen molar-refractivity contribution in [3.05, 3.63) is 28.7 Å². The van der Waals surface area contributed by atoms with E-state index in [1.54, 1.807) is 24.3 Å². The molecule has 0 amide bonds. The average molecular weight is 387 g/mol. The molecule has 0 N–H and O–H groups in total. The third-order valence-electron chi connectivity index (χ3n) is 2.52. The fourth-order valence-corrected chi connectivity index (χ4v) is 4.47. The standard InChI is InChI=1S/C11H9BrF3NO2S2/c12-9-7-3-1-2-4-8(7)19-10(9)16(20(17)18)6-5-11(13,14)15/h1-4H,5-6H2,(H,17,18)/p-1. The van der Waals surface area contributed by atoms with E-state index >= 15 is 0 Å². The number of halogens is 4. The van der Waals surface area contributed by atoms with Crippen LogP contribution in [0.2, 0.25) is 0 Å². The lowest BCUT2D eigenvalue weighted by molar-refractivity contribution is -0.131. The van der Waals surface area contributed by atoms with Crippen molar-refractivity contribution in [2.75, 3.05) is 10.8 Å². The summed E-state index contributed by atoms with van der Waals surface area (Å²) >= 11 is 1.62. The van der Waals surface area contributed by atoms with Crippen LogP contribution in [0.3, 0.4) is 0 Å². The van der Waals surface area contributed by atoms with Crippen LogP contribution in [-0.2, 0) is 11.3 Å². The fourth-order valence-electron chi connectivity index (χ4n) is 1.63. The molecule has 0 fully saturated rings. The van der Waals surface area contributed by atoms with E-state index in [9.17, 15) is 21.9 Å². The molecule has 0 spiro atoms. The van der Waals surface area contributed by atoms with Crippen molar-refractivity contribution in [2.24, 2.45) is 0 Å². The number of rotatable bonds is 4. The number of fused-ring (bicyclic) bond motifs is 1. The zero-order valence-electron chi connectivity index (χ0n) is 9.82. The summed E-state index contributed by atoms with van der Waals surface area (Å²) in [6.45, 7) is -0.634. The molecule has 2 rings (SSSR count). The molecule has 110 valence electrons. The van der Waals surface area contributed by atoms with Gasteiger partial charge in [-0.25, -0.2) is 0 Å². The van der Waals surface area contributed by atoms with Gasteiger partial charge in [0.1, 0.15) is 5.00 Å². The van der Waals surface area contributed by atoms with Gasteiger partial charge in [-0.3, -0.25) is 8.51 Å². The summed E-state index contributed by atoms with van der Waals surface area (Å²) in [5, 5.41) is 1.03. The molecule has 1 aromatic heterocycles. The predicted octanol–water partition coefficient (Wildman–Crippen LogP) is 4.22. The Kier molecular flexibility index (Phi) is 4.73. The number of anilines is 1. The second kappa shape index (κ2) is 6.00. The first-order valence-corrected chi connectivity index (χ1v) is 8.04. The molecule has 1 unspecified atom stereocenters. The minimum atomic E-state index is -4.40. The SMILES string of the molecule is O=S([O-])N(CCC(F)(F)F)c1sc2ccccc2c1Br.